The van der Waals surface area contributed by atoms with Gasteiger partial charge in [-0.15, -0.1) is 0 Å². The first-order valence-corrected chi connectivity index (χ1v) is 6.27. The number of carbonyl (C=O) groups excluding carboxylic acids is 1. The topological polar surface area (TPSA) is 38.3 Å². The average molecular weight is 273 g/mol. The molecule has 2 aromatic rings. The largest absolute Gasteiger partial charge is 0.494 e. The van der Waals surface area contributed by atoms with E-state index in [2.05, 4.69) is 5.32 Å². The molecule has 0 spiro atoms. The van der Waals surface area contributed by atoms with Crippen LogP contribution in [0.25, 0.3) is 0 Å². The smallest absolute Gasteiger partial charge is 0.251 e. The van der Waals surface area contributed by atoms with Crippen molar-refractivity contribution in [3.05, 3.63) is 65.0 Å². The summed E-state index contributed by atoms with van der Waals surface area (Å²) in [5, 5.41) is 2.76. The van der Waals surface area contributed by atoms with Crippen molar-refractivity contribution in [3.8, 4) is 5.75 Å². The molecule has 0 atom stereocenters. The molecule has 0 radical (unpaired) electrons. The average Bonchev–Trinajstić information content (AvgIpc) is 2.44. The number of methoxy groups -OCH3 is 1. The fourth-order valence-corrected chi connectivity index (χ4v) is 1.91. The van der Waals surface area contributed by atoms with Crippen molar-refractivity contribution >= 4 is 5.91 Å². The lowest BCUT2D eigenvalue weighted by Gasteiger charge is -2.07. The van der Waals surface area contributed by atoms with Crippen LogP contribution in [0.15, 0.2) is 42.5 Å². The molecule has 0 aliphatic heterocycles. The molecule has 0 aromatic heterocycles. The molecule has 20 heavy (non-hydrogen) atoms. The van der Waals surface area contributed by atoms with Crippen LogP contribution in [0, 0.1) is 12.7 Å². The minimum absolute atomic E-state index is 0.125. The zero-order valence-corrected chi connectivity index (χ0v) is 11.4. The normalized spacial score (nSPS) is 10.2. The lowest BCUT2D eigenvalue weighted by atomic mass is 10.1. The summed E-state index contributed by atoms with van der Waals surface area (Å²) in [4.78, 5) is 11.9. The number of amides is 1. The SMILES string of the molecule is COc1ccc(C(=O)NCc2cccc(C)c2)cc1F. The van der Waals surface area contributed by atoms with E-state index in [0.717, 1.165) is 11.1 Å². The van der Waals surface area contributed by atoms with E-state index in [9.17, 15) is 9.18 Å². The third-order valence-electron chi connectivity index (χ3n) is 2.95. The summed E-state index contributed by atoms with van der Waals surface area (Å²) in [6, 6.07) is 12.0. The molecule has 0 aliphatic carbocycles. The maximum Gasteiger partial charge on any atom is 0.251 e. The molecule has 4 heteroatoms. The molecule has 0 bridgehead atoms. The van der Waals surface area contributed by atoms with E-state index in [1.807, 2.05) is 31.2 Å². The van der Waals surface area contributed by atoms with Crippen LogP contribution in [0.4, 0.5) is 4.39 Å². The van der Waals surface area contributed by atoms with Crippen LogP contribution in [0.1, 0.15) is 21.5 Å². The van der Waals surface area contributed by atoms with Gasteiger partial charge in [-0.05, 0) is 30.7 Å². The van der Waals surface area contributed by atoms with Crippen molar-refractivity contribution in [1.82, 2.24) is 5.32 Å². The Bertz CT molecular complexity index is 626. The minimum Gasteiger partial charge on any atom is -0.494 e. The summed E-state index contributed by atoms with van der Waals surface area (Å²) >= 11 is 0. The molecule has 104 valence electrons. The van der Waals surface area contributed by atoms with Gasteiger partial charge in [-0.25, -0.2) is 4.39 Å². The second-order valence-electron chi connectivity index (χ2n) is 4.52. The van der Waals surface area contributed by atoms with Crippen LogP contribution in [-0.4, -0.2) is 13.0 Å². The maximum atomic E-state index is 13.5. The Morgan fingerprint density at radius 2 is 2.05 bits per heavy atom. The van der Waals surface area contributed by atoms with Gasteiger partial charge >= 0.3 is 0 Å². The number of hydrogen-bond donors (Lipinski definition) is 1. The Balaban J connectivity index is 2.03. The Labute approximate surface area is 117 Å². The highest BCUT2D eigenvalue weighted by atomic mass is 19.1. The number of rotatable bonds is 4. The fraction of sp³-hybridized carbons (Fsp3) is 0.188. The summed E-state index contributed by atoms with van der Waals surface area (Å²) in [6.45, 7) is 2.40. The van der Waals surface area contributed by atoms with Gasteiger partial charge in [-0.1, -0.05) is 29.8 Å². The van der Waals surface area contributed by atoms with Crippen LogP contribution in [0.5, 0.6) is 5.75 Å². The van der Waals surface area contributed by atoms with E-state index in [-0.39, 0.29) is 17.2 Å². The first kappa shape index (κ1) is 14.1. The predicted molar refractivity (Wildman–Crippen MR) is 75.3 cm³/mol. The molecule has 1 amide bonds. The van der Waals surface area contributed by atoms with Crippen molar-refractivity contribution in [2.24, 2.45) is 0 Å². The summed E-state index contributed by atoms with van der Waals surface area (Å²) in [7, 11) is 1.38. The van der Waals surface area contributed by atoms with Gasteiger partial charge in [0.15, 0.2) is 11.6 Å². The third-order valence-corrected chi connectivity index (χ3v) is 2.95. The Kier molecular flexibility index (Phi) is 4.35. The minimum atomic E-state index is -0.546. The summed E-state index contributed by atoms with van der Waals surface area (Å²) in [5.41, 5.74) is 2.41. The molecule has 0 saturated carbocycles. The molecule has 0 heterocycles. The second kappa shape index (κ2) is 6.19. The van der Waals surface area contributed by atoms with Gasteiger partial charge in [0.25, 0.3) is 5.91 Å². The summed E-state index contributed by atoms with van der Waals surface area (Å²) in [6.07, 6.45) is 0. The first-order valence-electron chi connectivity index (χ1n) is 6.27. The first-order chi connectivity index (χ1) is 9.60. The highest BCUT2D eigenvalue weighted by Crippen LogP contribution is 2.17. The van der Waals surface area contributed by atoms with Gasteiger partial charge in [0.05, 0.1) is 7.11 Å². The van der Waals surface area contributed by atoms with Crippen molar-refractivity contribution in [2.45, 2.75) is 13.5 Å². The summed E-state index contributed by atoms with van der Waals surface area (Å²) in [5.74, 6) is -0.732. The number of nitrogens with one attached hydrogen (secondary N) is 1. The summed E-state index contributed by atoms with van der Waals surface area (Å²) < 4.78 is 18.3. The van der Waals surface area contributed by atoms with Gasteiger partial charge < -0.3 is 10.1 Å². The van der Waals surface area contributed by atoms with E-state index in [1.165, 1.54) is 25.3 Å². The molecule has 0 saturated heterocycles. The molecule has 0 unspecified atom stereocenters. The number of benzene rings is 2. The van der Waals surface area contributed by atoms with Gasteiger partial charge in [-0.3, -0.25) is 4.79 Å². The lowest BCUT2D eigenvalue weighted by Crippen LogP contribution is -2.22. The maximum absolute atomic E-state index is 13.5. The molecule has 0 fully saturated rings. The number of hydrogen-bond acceptors (Lipinski definition) is 2. The quantitative estimate of drug-likeness (QED) is 0.929. The Hall–Kier alpha value is -2.36. The van der Waals surface area contributed by atoms with Gasteiger partial charge in [-0.2, -0.15) is 0 Å². The highest BCUT2D eigenvalue weighted by molar-refractivity contribution is 5.94. The molecular formula is C16H16FNO2. The van der Waals surface area contributed by atoms with E-state index in [4.69, 9.17) is 4.74 Å². The number of carbonyl (C=O) groups is 1. The van der Waals surface area contributed by atoms with E-state index < -0.39 is 5.82 Å². The van der Waals surface area contributed by atoms with Crippen molar-refractivity contribution < 1.29 is 13.9 Å². The van der Waals surface area contributed by atoms with Crippen LogP contribution in [0.3, 0.4) is 0 Å². The van der Waals surface area contributed by atoms with E-state index in [0.29, 0.717) is 6.54 Å². The molecule has 2 rings (SSSR count). The van der Waals surface area contributed by atoms with Crippen LogP contribution >= 0.6 is 0 Å². The third kappa shape index (κ3) is 3.35. The van der Waals surface area contributed by atoms with Crippen LogP contribution in [0.2, 0.25) is 0 Å². The highest BCUT2D eigenvalue weighted by Gasteiger charge is 2.09. The monoisotopic (exact) mass is 273 g/mol. The van der Waals surface area contributed by atoms with Crippen LogP contribution in [-0.2, 0) is 6.54 Å². The zero-order chi connectivity index (χ0) is 14.5. The number of aryl methyl sites for hydroxylation is 1. The van der Waals surface area contributed by atoms with E-state index >= 15 is 0 Å². The fourth-order valence-electron chi connectivity index (χ4n) is 1.91. The van der Waals surface area contributed by atoms with Crippen molar-refractivity contribution in [3.63, 3.8) is 0 Å². The molecule has 3 nitrogen and oxygen atoms in total. The van der Waals surface area contributed by atoms with Crippen LogP contribution < -0.4 is 10.1 Å². The van der Waals surface area contributed by atoms with Gasteiger partial charge in [0, 0.05) is 12.1 Å². The van der Waals surface area contributed by atoms with Crippen molar-refractivity contribution in [2.75, 3.05) is 7.11 Å². The lowest BCUT2D eigenvalue weighted by molar-refractivity contribution is 0.0950. The molecule has 0 aliphatic rings. The van der Waals surface area contributed by atoms with E-state index in [1.54, 1.807) is 0 Å². The molecule has 1 N–H and O–H groups in total. The van der Waals surface area contributed by atoms with Crippen molar-refractivity contribution in [1.29, 1.82) is 0 Å². The number of ether oxygens (including phenoxy) is 1. The van der Waals surface area contributed by atoms with Gasteiger partial charge in [0.2, 0.25) is 0 Å². The van der Waals surface area contributed by atoms with Gasteiger partial charge in [0.1, 0.15) is 0 Å². The molecule has 2 aromatic carbocycles. The number of halogens is 1. The molecular weight excluding hydrogens is 257 g/mol. The Morgan fingerprint density at radius 1 is 1.25 bits per heavy atom. The zero-order valence-electron chi connectivity index (χ0n) is 11.4. The predicted octanol–water partition coefficient (Wildman–Crippen LogP) is 3.07. The Morgan fingerprint density at radius 3 is 2.70 bits per heavy atom. The second-order valence-corrected chi connectivity index (χ2v) is 4.52. The standard InChI is InChI=1S/C16H16FNO2/c1-11-4-3-5-12(8-11)10-18-16(19)13-6-7-15(20-2)14(17)9-13/h3-9H,10H2,1-2H3,(H,18,19).